The average Bonchev–Trinajstić information content (AvgIpc) is 2.33. The lowest BCUT2D eigenvalue weighted by Gasteiger charge is -2.52. The molecule has 3 aliphatic heterocycles. The molecule has 4 nitrogen and oxygen atoms in total. The molecule has 3 fully saturated rings. The average molecular weight is 252 g/mol. The van der Waals surface area contributed by atoms with E-state index < -0.39 is 0 Å². The Balaban J connectivity index is 1.44. The number of piperazine rings is 1. The van der Waals surface area contributed by atoms with Crippen molar-refractivity contribution < 1.29 is 0 Å². The number of likely N-dealkylation sites (tertiary alicyclic amines) is 2. The summed E-state index contributed by atoms with van der Waals surface area (Å²) in [6, 6.07) is 2.47. The topological polar surface area (TPSA) is 21.8 Å². The molecule has 0 aromatic rings. The van der Waals surface area contributed by atoms with Gasteiger partial charge in [-0.2, -0.15) is 0 Å². The molecule has 0 bridgehead atoms. The van der Waals surface area contributed by atoms with Gasteiger partial charge in [-0.25, -0.2) is 0 Å². The van der Waals surface area contributed by atoms with Crippen molar-refractivity contribution in [2.45, 2.75) is 37.9 Å². The molecule has 0 aromatic carbocycles. The van der Waals surface area contributed by atoms with Crippen LogP contribution in [-0.2, 0) is 0 Å². The number of nitrogens with zero attached hydrogens (tertiary/aromatic N) is 3. The lowest BCUT2D eigenvalue weighted by molar-refractivity contribution is -0.0239. The Morgan fingerprint density at radius 3 is 2.33 bits per heavy atom. The quantitative estimate of drug-likeness (QED) is 0.750. The Morgan fingerprint density at radius 2 is 1.67 bits per heavy atom. The van der Waals surface area contributed by atoms with Crippen molar-refractivity contribution in [2.75, 3.05) is 52.9 Å². The lowest BCUT2D eigenvalue weighted by Crippen LogP contribution is -2.66. The van der Waals surface area contributed by atoms with Crippen molar-refractivity contribution in [3.63, 3.8) is 0 Å². The van der Waals surface area contributed by atoms with Crippen LogP contribution in [-0.4, -0.2) is 85.7 Å². The van der Waals surface area contributed by atoms with E-state index in [0.29, 0.717) is 0 Å². The van der Waals surface area contributed by atoms with Crippen molar-refractivity contribution in [2.24, 2.45) is 0 Å². The zero-order chi connectivity index (χ0) is 12.5. The zero-order valence-electron chi connectivity index (χ0n) is 11.9. The first kappa shape index (κ1) is 12.9. The second-order valence-electron chi connectivity index (χ2n) is 6.40. The molecule has 1 N–H and O–H groups in total. The van der Waals surface area contributed by atoms with Gasteiger partial charge >= 0.3 is 0 Å². The molecule has 104 valence electrons. The van der Waals surface area contributed by atoms with Crippen LogP contribution in [0.15, 0.2) is 0 Å². The maximum atomic E-state index is 3.44. The first-order chi connectivity index (χ1) is 8.74. The Hall–Kier alpha value is -0.160. The summed E-state index contributed by atoms with van der Waals surface area (Å²) in [5, 5.41) is 3.44. The van der Waals surface area contributed by atoms with E-state index in [1.165, 1.54) is 58.7 Å². The maximum absolute atomic E-state index is 3.44. The fraction of sp³-hybridized carbons (Fsp3) is 1.00. The van der Waals surface area contributed by atoms with Crippen LogP contribution in [0, 0.1) is 0 Å². The van der Waals surface area contributed by atoms with Crippen LogP contribution in [0.2, 0.25) is 0 Å². The van der Waals surface area contributed by atoms with Crippen molar-refractivity contribution in [3.8, 4) is 0 Å². The Morgan fingerprint density at radius 1 is 0.944 bits per heavy atom. The van der Waals surface area contributed by atoms with E-state index >= 15 is 0 Å². The predicted octanol–water partition coefficient (Wildman–Crippen LogP) is 0.0585. The van der Waals surface area contributed by atoms with Gasteiger partial charge in [0.05, 0.1) is 0 Å². The highest BCUT2D eigenvalue weighted by atomic mass is 15.3. The van der Waals surface area contributed by atoms with E-state index in [2.05, 4.69) is 34.0 Å². The zero-order valence-corrected chi connectivity index (χ0v) is 11.9. The number of hydrogen-bond donors (Lipinski definition) is 1. The molecule has 3 saturated heterocycles. The van der Waals surface area contributed by atoms with E-state index in [9.17, 15) is 0 Å². The van der Waals surface area contributed by atoms with Crippen LogP contribution in [0.3, 0.4) is 0 Å². The van der Waals surface area contributed by atoms with E-state index in [1.54, 1.807) is 0 Å². The molecule has 18 heavy (non-hydrogen) atoms. The van der Waals surface area contributed by atoms with Crippen molar-refractivity contribution in [1.29, 1.82) is 0 Å². The number of hydrogen-bond acceptors (Lipinski definition) is 4. The van der Waals surface area contributed by atoms with Gasteiger partial charge in [-0.05, 0) is 33.4 Å². The van der Waals surface area contributed by atoms with Crippen LogP contribution >= 0.6 is 0 Å². The van der Waals surface area contributed by atoms with Crippen LogP contribution in [0.25, 0.3) is 0 Å². The third kappa shape index (κ3) is 2.57. The molecule has 0 amide bonds. The number of nitrogens with one attached hydrogen (secondary N) is 1. The molecule has 0 spiro atoms. The van der Waals surface area contributed by atoms with Gasteiger partial charge in [0.2, 0.25) is 0 Å². The van der Waals surface area contributed by atoms with Gasteiger partial charge in [-0.3, -0.25) is 9.80 Å². The highest BCUT2D eigenvalue weighted by Gasteiger charge is 2.38. The molecule has 0 aliphatic carbocycles. The molecular weight excluding hydrogens is 224 g/mol. The summed E-state index contributed by atoms with van der Waals surface area (Å²) in [7, 11) is 2.26. The first-order valence-corrected chi connectivity index (χ1v) is 7.63. The molecule has 0 radical (unpaired) electrons. The second-order valence-corrected chi connectivity index (χ2v) is 6.40. The van der Waals surface area contributed by atoms with E-state index in [-0.39, 0.29) is 0 Å². The first-order valence-electron chi connectivity index (χ1n) is 7.63. The summed E-state index contributed by atoms with van der Waals surface area (Å²) in [5.74, 6) is 0. The maximum Gasteiger partial charge on any atom is 0.0351 e. The van der Waals surface area contributed by atoms with E-state index in [1.807, 2.05) is 0 Å². The minimum absolute atomic E-state index is 0.766. The molecule has 3 heterocycles. The third-order valence-corrected chi connectivity index (χ3v) is 5.26. The molecule has 4 heteroatoms. The SMILES string of the molecule is CC1CC(N2CC(N3CCNCC3)C2)CCN1C. The predicted molar refractivity (Wildman–Crippen MR) is 74.9 cm³/mol. The van der Waals surface area contributed by atoms with Gasteiger partial charge in [0.25, 0.3) is 0 Å². The standard InChI is InChI=1S/C14H28N4/c1-12-9-13(3-6-16(12)2)18-10-14(11-18)17-7-4-15-5-8-17/h12-15H,3-11H2,1-2H3. The summed E-state index contributed by atoms with van der Waals surface area (Å²) >= 11 is 0. The monoisotopic (exact) mass is 252 g/mol. The largest absolute Gasteiger partial charge is 0.314 e. The molecule has 2 unspecified atom stereocenters. The van der Waals surface area contributed by atoms with Gasteiger partial charge < -0.3 is 10.2 Å². The van der Waals surface area contributed by atoms with Gasteiger partial charge in [-0.15, -0.1) is 0 Å². The van der Waals surface area contributed by atoms with Gasteiger partial charge in [0.1, 0.15) is 0 Å². The van der Waals surface area contributed by atoms with Crippen LogP contribution in [0.5, 0.6) is 0 Å². The molecular formula is C14H28N4. The lowest BCUT2D eigenvalue weighted by atomic mass is 9.93. The molecule has 0 aromatic heterocycles. The summed E-state index contributed by atoms with van der Waals surface area (Å²) in [6.45, 7) is 11.2. The molecule has 3 rings (SSSR count). The Kier molecular flexibility index (Phi) is 3.89. The van der Waals surface area contributed by atoms with Gasteiger partial charge in [0.15, 0.2) is 0 Å². The van der Waals surface area contributed by atoms with Crippen LogP contribution < -0.4 is 5.32 Å². The molecule has 3 aliphatic rings. The summed E-state index contributed by atoms with van der Waals surface area (Å²) in [4.78, 5) is 7.92. The fourth-order valence-electron chi connectivity index (χ4n) is 3.66. The number of rotatable bonds is 2. The summed E-state index contributed by atoms with van der Waals surface area (Å²) < 4.78 is 0. The Labute approximate surface area is 111 Å². The summed E-state index contributed by atoms with van der Waals surface area (Å²) in [5.41, 5.74) is 0. The van der Waals surface area contributed by atoms with Gasteiger partial charge in [-0.1, -0.05) is 0 Å². The number of piperidine rings is 1. The third-order valence-electron chi connectivity index (χ3n) is 5.26. The Bertz CT molecular complexity index is 271. The highest BCUT2D eigenvalue weighted by molar-refractivity contribution is 4.95. The van der Waals surface area contributed by atoms with Crippen LogP contribution in [0.4, 0.5) is 0 Å². The van der Waals surface area contributed by atoms with Gasteiger partial charge in [0, 0.05) is 57.4 Å². The van der Waals surface area contributed by atoms with Crippen molar-refractivity contribution >= 4 is 0 Å². The minimum atomic E-state index is 0.766. The van der Waals surface area contributed by atoms with Crippen molar-refractivity contribution in [3.05, 3.63) is 0 Å². The van der Waals surface area contributed by atoms with E-state index in [4.69, 9.17) is 0 Å². The van der Waals surface area contributed by atoms with Crippen molar-refractivity contribution in [1.82, 2.24) is 20.0 Å². The second kappa shape index (κ2) is 5.45. The van der Waals surface area contributed by atoms with Crippen LogP contribution in [0.1, 0.15) is 19.8 Å². The smallest absolute Gasteiger partial charge is 0.0351 e. The fourth-order valence-corrected chi connectivity index (χ4v) is 3.66. The molecule has 0 saturated carbocycles. The summed E-state index contributed by atoms with van der Waals surface area (Å²) in [6.07, 6.45) is 2.74. The molecule has 2 atom stereocenters. The normalized spacial score (nSPS) is 37.7. The van der Waals surface area contributed by atoms with E-state index in [0.717, 1.165) is 18.1 Å². The highest BCUT2D eigenvalue weighted by Crippen LogP contribution is 2.26. The minimum Gasteiger partial charge on any atom is -0.314 e.